The average molecular weight is 310 g/mol. The van der Waals surface area contributed by atoms with Gasteiger partial charge in [0.1, 0.15) is 11.6 Å². The molecule has 0 heterocycles. The van der Waals surface area contributed by atoms with Crippen LogP contribution in [0.15, 0.2) is 48.5 Å². The van der Waals surface area contributed by atoms with Gasteiger partial charge in [0.2, 0.25) is 0 Å². The summed E-state index contributed by atoms with van der Waals surface area (Å²) in [6, 6.07) is 13.6. The fraction of sp³-hybridized carbons (Fsp3) is 0.250. The van der Waals surface area contributed by atoms with Crippen LogP contribution in [0.5, 0.6) is 0 Å². The second kappa shape index (κ2) is 7.14. The lowest BCUT2D eigenvalue weighted by Gasteiger charge is -2.16. The van der Waals surface area contributed by atoms with E-state index in [2.05, 4.69) is 0 Å². The van der Waals surface area contributed by atoms with E-state index in [9.17, 15) is 8.78 Å². The lowest BCUT2D eigenvalue weighted by atomic mass is 10.1. The zero-order valence-corrected chi connectivity index (χ0v) is 13.0. The van der Waals surface area contributed by atoms with Crippen molar-refractivity contribution in [3.8, 4) is 0 Å². The Hall–Kier alpha value is -1.00. The third-order valence-electron chi connectivity index (χ3n) is 3.03. The van der Waals surface area contributed by atoms with E-state index in [0.717, 1.165) is 0 Å². The Morgan fingerprint density at radius 1 is 0.700 bits per heavy atom. The molecule has 4 heteroatoms. The smallest absolute Gasteiger partial charge is 0.127 e. The lowest BCUT2D eigenvalue weighted by Crippen LogP contribution is -1.94. The summed E-state index contributed by atoms with van der Waals surface area (Å²) >= 11 is 0. The van der Waals surface area contributed by atoms with E-state index in [1.165, 1.54) is 12.1 Å². The number of benzene rings is 2. The summed E-state index contributed by atoms with van der Waals surface area (Å²) < 4.78 is 27.3. The van der Waals surface area contributed by atoms with Crippen LogP contribution in [0.2, 0.25) is 0 Å². The Balaban J connectivity index is 1.99. The molecule has 0 fully saturated rings. The Bertz CT molecular complexity index is 520. The van der Waals surface area contributed by atoms with Crippen LogP contribution in [0.4, 0.5) is 8.78 Å². The van der Waals surface area contributed by atoms with Gasteiger partial charge in [0.15, 0.2) is 0 Å². The van der Waals surface area contributed by atoms with E-state index < -0.39 is 0 Å². The number of halogens is 2. The zero-order valence-electron chi connectivity index (χ0n) is 11.3. The van der Waals surface area contributed by atoms with Gasteiger partial charge in [0.05, 0.1) is 0 Å². The first kappa shape index (κ1) is 15.4. The highest BCUT2D eigenvalue weighted by Crippen LogP contribution is 2.46. The molecule has 2 unspecified atom stereocenters. The number of hydrogen-bond donors (Lipinski definition) is 0. The molecule has 2 rings (SSSR count). The Morgan fingerprint density at radius 3 is 1.40 bits per heavy atom. The van der Waals surface area contributed by atoms with Crippen LogP contribution in [-0.4, -0.2) is 0 Å². The van der Waals surface area contributed by atoms with Crippen LogP contribution in [0, 0.1) is 11.6 Å². The van der Waals surface area contributed by atoms with Crippen molar-refractivity contribution in [1.29, 1.82) is 0 Å². The van der Waals surface area contributed by atoms with Gasteiger partial charge in [-0.25, -0.2) is 8.78 Å². The first-order chi connectivity index (χ1) is 9.59. The molecule has 0 radical (unpaired) electrons. The molecule has 0 aliphatic rings. The minimum atomic E-state index is -0.188. The molecular formula is C16H16F2S2. The Labute approximate surface area is 126 Å². The third kappa shape index (κ3) is 3.76. The first-order valence-electron chi connectivity index (χ1n) is 6.40. The predicted octanol–water partition coefficient (Wildman–Crippen LogP) is 6.17. The first-order valence-corrected chi connectivity index (χ1v) is 8.68. The molecule has 0 N–H and O–H groups in total. The Kier molecular flexibility index (Phi) is 5.49. The molecule has 0 aromatic heterocycles. The van der Waals surface area contributed by atoms with E-state index in [1.807, 2.05) is 26.0 Å². The van der Waals surface area contributed by atoms with Crippen molar-refractivity contribution in [3.63, 3.8) is 0 Å². The summed E-state index contributed by atoms with van der Waals surface area (Å²) in [5.41, 5.74) is 1.37. The quantitative estimate of drug-likeness (QED) is 0.606. The van der Waals surface area contributed by atoms with Gasteiger partial charge in [0.25, 0.3) is 0 Å². The average Bonchev–Trinajstić information content (AvgIpc) is 2.45. The van der Waals surface area contributed by atoms with E-state index in [4.69, 9.17) is 0 Å². The highest BCUT2D eigenvalue weighted by atomic mass is 33.1. The maximum Gasteiger partial charge on any atom is 0.127 e. The maximum atomic E-state index is 13.7. The van der Waals surface area contributed by atoms with Crippen LogP contribution in [0.1, 0.15) is 35.5 Å². The Morgan fingerprint density at radius 2 is 1.05 bits per heavy atom. The minimum absolute atomic E-state index is 0.0235. The van der Waals surface area contributed by atoms with Crippen LogP contribution in [-0.2, 0) is 0 Å². The van der Waals surface area contributed by atoms with Gasteiger partial charge in [-0.1, -0.05) is 58.0 Å². The van der Waals surface area contributed by atoms with Gasteiger partial charge in [-0.15, -0.1) is 0 Å². The van der Waals surface area contributed by atoms with Crippen LogP contribution >= 0.6 is 21.6 Å². The van der Waals surface area contributed by atoms with Gasteiger partial charge < -0.3 is 0 Å². The molecule has 2 atom stereocenters. The topological polar surface area (TPSA) is 0 Å². The number of rotatable bonds is 5. The van der Waals surface area contributed by atoms with Crippen molar-refractivity contribution in [2.45, 2.75) is 24.3 Å². The number of hydrogen-bond acceptors (Lipinski definition) is 2. The standard InChI is InChI=1S/C16H16F2S2/c1-11(13-7-3-5-9-15(13)17)19-20-12(2)14-8-4-6-10-16(14)18/h3-12H,1-2H3. The zero-order chi connectivity index (χ0) is 14.5. The van der Waals surface area contributed by atoms with Crippen LogP contribution < -0.4 is 0 Å². The molecule has 0 bridgehead atoms. The summed E-state index contributed by atoms with van der Waals surface area (Å²) in [4.78, 5) is 0. The summed E-state index contributed by atoms with van der Waals surface area (Å²) in [5.74, 6) is -0.377. The molecule has 2 aromatic carbocycles. The van der Waals surface area contributed by atoms with Crippen LogP contribution in [0.3, 0.4) is 0 Å². The molecule has 0 aliphatic heterocycles. The summed E-state index contributed by atoms with van der Waals surface area (Å²) in [5, 5.41) is 0.0471. The molecule has 2 aromatic rings. The third-order valence-corrected chi connectivity index (χ3v) is 6.29. The van der Waals surface area contributed by atoms with E-state index in [0.29, 0.717) is 11.1 Å². The van der Waals surface area contributed by atoms with Gasteiger partial charge >= 0.3 is 0 Å². The van der Waals surface area contributed by atoms with Crippen molar-refractivity contribution in [3.05, 3.63) is 71.3 Å². The molecule has 0 nitrogen and oxygen atoms in total. The van der Waals surface area contributed by atoms with Crippen LogP contribution in [0.25, 0.3) is 0 Å². The predicted molar refractivity (Wildman–Crippen MR) is 84.8 cm³/mol. The lowest BCUT2D eigenvalue weighted by molar-refractivity contribution is 0.610. The monoisotopic (exact) mass is 310 g/mol. The van der Waals surface area contributed by atoms with Gasteiger partial charge in [0, 0.05) is 21.6 Å². The van der Waals surface area contributed by atoms with Crippen molar-refractivity contribution >= 4 is 21.6 Å². The minimum Gasteiger partial charge on any atom is -0.207 e. The summed E-state index contributed by atoms with van der Waals surface area (Å²) in [6.07, 6.45) is 0. The molecule has 0 saturated carbocycles. The summed E-state index contributed by atoms with van der Waals surface area (Å²) in [7, 11) is 3.13. The van der Waals surface area contributed by atoms with Crippen molar-refractivity contribution in [1.82, 2.24) is 0 Å². The van der Waals surface area contributed by atoms with E-state index in [-0.39, 0.29) is 22.1 Å². The van der Waals surface area contributed by atoms with Crippen molar-refractivity contribution in [2.75, 3.05) is 0 Å². The van der Waals surface area contributed by atoms with Crippen molar-refractivity contribution in [2.24, 2.45) is 0 Å². The molecule has 0 amide bonds. The van der Waals surface area contributed by atoms with Gasteiger partial charge in [-0.05, 0) is 26.0 Å². The SMILES string of the molecule is CC(SSC(C)c1ccccc1F)c1ccccc1F. The van der Waals surface area contributed by atoms with Gasteiger partial charge in [-0.2, -0.15) is 0 Å². The second-order valence-electron chi connectivity index (χ2n) is 4.52. The second-order valence-corrected chi connectivity index (χ2v) is 7.47. The molecule has 20 heavy (non-hydrogen) atoms. The molecule has 0 saturated heterocycles. The molecule has 106 valence electrons. The highest BCUT2D eigenvalue weighted by molar-refractivity contribution is 8.76. The molecule has 0 aliphatic carbocycles. The van der Waals surface area contributed by atoms with Crippen molar-refractivity contribution < 1.29 is 8.78 Å². The van der Waals surface area contributed by atoms with E-state index >= 15 is 0 Å². The fourth-order valence-electron chi connectivity index (χ4n) is 1.88. The maximum absolute atomic E-state index is 13.7. The normalized spacial score (nSPS) is 14.0. The molecular weight excluding hydrogens is 294 g/mol. The fourth-order valence-corrected chi connectivity index (χ4v) is 4.42. The van der Waals surface area contributed by atoms with E-state index in [1.54, 1.807) is 45.9 Å². The van der Waals surface area contributed by atoms with Gasteiger partial charge in [-0.3, -0.25) is 0 Å². The highest BCUT2D eigenvalue weighted by Gasteiger charge is 2.16. The summed E-state index contributed by atoms with van der Waals surface area (Å²) in [6.45, 7) is 3.92. The largest absolute Gasteiger partial charge is 0.207 e. The molecule has 0 spiro atoms.